The van der Waals surface area contributed by atoms with Crippen molar-refractivity contribution in [2.45, 2.75) is 31.8 Å². The second kappa shape index (κ2) is 8.12. The van der Waals surface area contributed by atoms with E-state index in [0.717, 1.165) is 25.6 Å². The van der Waals surface area contributed by atoms with Gasteiger partial charge in [0.25, 0.3) is 0 Å². The van der Waals surface area contributed by atoms with Crippen molar-refractivity contribution >= 4 is 10.0 Å². The van der Waals surface area contributed by atoms with Crippen LogP contribution < -0.4 is 0 Å². The van der Waals surface area contributed by atoms with Crippen LogP contribution in [0.3, 0.4) is 0 Å². The van der Waals surface area contributed by atoms with Crippen molar-refractivity contribution in [2.24, 2.45) is 5.92 Å². The molecule has 0 N–H and O–H groups in total. The molecule has 6 nitrogen and oxygen atoms in total. The molecule has 0 radical (unpaired) electrons. The first-order valence-electron chi connectivity index (χ1n) is 9.21. The second-order valence-electron chi connectivity index (χ2n) is 7.49. The topological polar surface area (TPSA) is 56.8 Å². The van der Waals surface area contributed by atoms with E-state index in [1.54, 1.807) is 20.3 Å². The smallest absolute Gasteiger partial charge is 0.213 e. The maximum Gasteiger partial charge on any atom is 0.213 e. The van der Waals surface area contributed by atoms with E-state index >= 15 is 0 Å². The van der Waals surface area contributed by atoms with Gasteiger partial charge in [0.1, 0.15) is 0 Å². The summed E-state index contributed by atoms with van der Waals surface area (Å²) in [5.41, 5.74) is 1.20. The summed E-state index contributed by atoms with van der Waals surface area (Å²) in [5, 5.41) is 0. The van der Waals surface area contributed by atoms with Gasteiger partial charge in [0.15, 0.2) is 0 Å². The number of piperidine rings is 3. The third-order valence-electron chi connectivity index (χ3n) is 5.60. The third-order valence-corrected chi connectivity index (χ3v) is 7.52. The number of pyridine rings is 1. The highest BCUT2D eigenvalue weighted by molar-refractivity contribution is 7.89. The Morgan fingerprint density at radius 2 is 2.04 bits per heavy atom. The average Bonchev–Trinajstić information content (AvgIpc) is 2.62. The first-order valence-corrected chi connectivity index (χ1v) is 10.8. The summed E-state index contributed by atoms with van der Waals surface area (Å²) < 4.78 is 25.5. The van der Waals surface area contributed by atoms with Gasteiger partial charge in [0.2, 0.25) is 10.0 Å². The molecule has 140 valence electrons. The van der Waals surface area contributed by atoms with Gasteiger partial charge in [-0.05, 0) is 56.4 Å². The predicted octanol–water partition coefficient (Wildman–Crippen LogP) is 1.26. The van der Waals surface area contributed by atoms with E-state index in [9.17, 15) is 8.42 Å². The number of fused-ring (bicyclic) bond motifs is 3. The van der Waals surface area contributed by atoms with Crippen molar-refractivity contribution in [1.82, 2.24) is 19.1 Å². The molecule has 7 heteroatoms. The highest BCUT2D eigenvalue weighted by atomic mass is 32.2. The third kappa shape index (κ3) is 4.78. The van der Waals surface area contributed by atoms with Crippen LogP contribution in [0.1, 0.15) is 24.8 Å². The molecule has 2 bridgehead atoms. The van der Waals surface area contributed by atoms with Crippen LogP contribution in [0.15, 0.2) is 24.5 Å². The molecule has 0 aromatic carbocycles. The van der Waals surface area contributed by atoms with Crippen LogP contribution in [0.4, 0.5) is 0 Å². The average molecular weight is 367 g/mol. The van der Waals surface area contributed by atoms with E-state index < -0.39 is 10.0 Å². The molecule has 3 aliphatic heterocycles. The van der Waals surface area contributed by atoms with Gasteiger partial charge >= 0.3 is 0 Å². The van der Waals surface area contributed by atoms with Gasteiger partial charge in [-0.3, -0.25) is 9.88 Å². The van der Waals surface area contributed by atoms with Gasteiger partial charge in [0, 0.05) is 45.6 Å². The molecule has 1 aromatic rings. The molecule has 25 heavy (non-hydrogen) atoms. The SMILES string of the molecule is CN(C)S(=O)(=O)CCCN(Cc1cccnc1)C1CN2CCC1CC2. The molecule has 0 amide bonds. The molecule has 3 aliphatic rings. The normalized spacial score (nSPS) is 26.5. The minimum atomic E-state index is -3.12. The van der Waals surface area contributed by atoms with Crippen LogP contribution in [0.2, 0.25) is 0 Å². The molecule has 4 rings (SSSR count). The highest BCUT2D eigenvalue weighted by Crippen LogP contribution is 2.31. The minimum absolute atomic E-state index is 0.213. The first kappa shape index (κ1) is 18.8. The zero-order valence-electron chi connectivity index (χ0n) is 15.3. The summed E-state index contributed by atoms with van der Waals surface area (Å²) >= 11 is 0. The van der Waals surface area contributed by atoms with E-state index in [0.29, 0.717) is 12.5 Å². The molecule has 3 fully saturated rings. The second-order valence-corrected chi connectivity index (χ2v) is 9.79. The molecule has 3 saturated heterocycles. The van der Waals surface area contributed by atoms with Crippen LogP contribution in [0.5, 0.6) is 0 Å². The van der Waals surface area contributed by atoms with Crippen LogP contribution in [-0.4, -0.2) is 79.6 Å². The van der Waals surface area contributed by atoms with Crippen molar-refractivity contribution in [2.75, 3.05) is 46.0 Å². The zero-order valence-corrected chi connectivity index (χ0v) is 16.2. The summed E-state index contributed by atoms with van der Waals surface area (Å²) in [6.45, 7) is 5.22. The van der Waals surface area contributed by atoms with Crippen LogP contribution >= 0.6 is 0 Å². The lowest BCUT2D eigenvalue weighted by atomic mass is 9.83. The summed E-state index contributed by atoms with van der Waals surface area (Å²) in [6, 6.07) is 4.61. The van der Waals surface area contributed by atoms with E-state index in [4.69, 9.17) is 0 Å². The predicted molar refractivity (Wildman–Crippen MR) is 99.7 cm³/mol. The van der Waals surface area contributed by atoms with E-state index in [1.807, 2.05) is 12.3 Å². The number of sulfonamides is 1. The first-order chi connectivity index (χ1) is 12.0. The molecule has 1 unspecified atom stereocenters. The highest BCUT2D eigenvalue weighted by Gasteiger charge is 2.37. The fraction of sp³-hybridized carbons (Fsp3) is 0.722. The van der Waals surface area contributed by atoms with Crippen LogP contribution in [-0.2, 0) is 16.6 Å². The Balaban J connectivity index is 1.66. The van der Waals surface area contributed by atoms with Crippen molar-refractivity contribution in [1.29, 1.82) is 0 Å². The van der Waals surface area contributed by atoms with E-state index in [2.05, 4.69) is 20.9 Å². The summed E-state index contributed by atoms with van der Waals surface area (Å²) in [6.07, 6.45) is 6.93. The Hall–Kier alpha value is -1.02. The van der Waals surface area contributed by atoms with Crippen molar-refractivity contribution in [3.8, 4) is 0 Å². The summed E-state index contributed by atoms with van der Waals surface area (Å²) in [5.74, 6) is 0.956. The molecular weight excluding hydrogens is 336 g/mol. The van der Waals surface area contributed by atoms with Crippen LogP contribution in [0.25, 0.3) is 0 Å². The quantitative estimate of drug-likeness (QED) is 0.693. The standard InChI is InChI=1S/C18H30N4O2S/c1-20(2)25(23,24)12-4-9-22(14-16-5-3-8-19-13-16)18-15-21-10-6-17(18)7-11-21/h3,5,8,13,17-18H,4,6-7,9-12,14-15H2,1-2H3. The number of rotatable bonds is 8. The van der Waals surface area contributed by atoms with Crippen molar-refractivity contribution in [3.05, 3.63) is 30.1 Å². The van der Waals surface area contributed by atoms with Gasteiger partial charge in [-0.15, -0.1) is 0 Å². The number of aromatic nitrogens is 1. The molecule has 0 spiro atoms. The lowest BCUT2D eigenvalue weighted by molar-refractivity contribution is 0.00143. The van der Waals surface area contributed by atoms with Gasteiger partial charge in [-0.1, -0.05) is 6.07 Å². The Labute approximate surface area is 151 Å². The maximum atomic E-state index is 12.1. The zero-order chi connectivity index (χ0) is 17.9. The number of hydrogen-bond acceptors (Lipinski definition) is 5. The van der Waals surface area contributed by atoms with E-state index in [1.165, 1.54) is 35.8 Å². The lowest BCUT2D eigenvalue weighted by Gasteiger charge is -2.49. The van der Waals surface area contributed by atoms with E-state index in [-0.39, 0.29) is 5.75 Å². The monoisotopic (exact) mass is 366 g/mol. The molecule has 4 heterocycles. The number of hydrogen-bond donors (Lipinski definition) is 0. The molecule has 1 aromatic heterocycles. The molecular formula is C18H30N4O2S. The molecule has 1 atom stereocenters. The Morgan fingerprint density at radius 1 is 1.28 bits per heavy atom. The van der Waals surface area contributed by atoms with Gasteiger partial charge in [0.05, 0.1) is 5.75 Å². The minimum Gasteiger partial charge on any atom is -0.302 e. The molecule has 0 saturated carbocycles. The summed E-state index contributed by atoms with van der Waals surface area (Å²) in [4.78, 5) is 9.29. The Morgan fingerprint density at radius 3 is 2.60 bits per heavy atom. The van der Waals surface area contributed by atoms with Crippen molar-refractivity contribution < 1.29 is 8.42 Å². The maximum absolute atomic E-state index is 12.1. The largest absolute Gasteiger partial charge is 0.302 e. The van der Waals surface area contributed by atoms with Gasteiger partial charge in [-0.2, -0.15) is 0 Å². The Bertz CT molecular complexity index is 642. The van der Waals surface area contributed by atoms with Gasteiger partial charge in [-0.25, -0.2) is 12.7 Å². The number of nitrogens with zero attached hydrogens (tertiary/aromatic N) is 4. The van der Waals surface area contributed by atoms with Crippen molar-refractivity contribution in [3.63, 3.8) is 0 Å². The van der Waals surface area contributed by atoms with Crippen LogP contribution in [0, 0.1) is 5.92 Å². The fourth-order valence-corrected chi connectivity index (χ4v) is 4.93. The summed E-state index contributed by atoms with van der Waals surface area (Å²) in [7, 11) is 0.0907. The lowest BCUT2D eigenvalue weighted by Crippen LogP contribution is -2.57. The van der Waals surface area contributed by atoms with Gasteiger partial charge < -0.3 is 4.90 Å². The Kier molecular flexibility index (Phi) is 6.09. The fourth-order valence-electron chi connectivity index (χ4n) is 4.07. The molecule has 0 aliphatic carbocycles.